The van der Waals surface area contributed by atoms with E-state index in [0.29, 0.717) is 6.04 Å². The largest absolute Gasteiger partial charge is 0.314 e. The molecule has 0 saturated carbocycles. The molecule has 3 heteroatoms. The summed E-state index contributed by atoms with van der Waals surface area (Å²) in [5, 5.41) is 8.13. The zero-order valence-corrected chi connectivity index (χ0v) is 12.5. The highest BCUT2D eigenvalue weighted by Gasteiger charge is 2.08. The topological polar surface area (TPSA) is 12.0 Å². The van der Waals surface area contributed by atoms with Crippen molar-refractivity contribution < 1.29 is 0 Å². The van der Waals surface area contributed by atoms with Crippen molar-refractivity contribution in [1.82, 2.24) is 5.32 Å². The summed E-state index contributed by atoms with van der Waals surface area (Å²) in [5.74, 6) is 0. The van der Waals surface area contributed by atoms with E-state index >= 15 is 0 Å². The lowest BCUT2D eigenvalue weighted by Gasteiger charge is -2.16. The zero-order valence-electron chi connectivity index (χ0n) is 10.1. The van der Waals surface area contributed by atoms with Crippen molar-refractivity contribution in [3.63, 3.8) is 0 Å². The van der Waals surface area contributed by atoms with Crippen molar-refractivity contribution in [1.29, 1.82) is 0 Å². The monoisotopic (exact) mass is 311 g/mol. The first kappa shape index (κ1) is 13.1. The zero-order chi connectivity index (χ0) is 12.1. The fourth-order valence-electron chi connectivity index (χ4n) is 2.11. The third-order valence-corrected chi connectivity index (χ3v) is 4.29. The first-order valence-electron chi connectivity index (χ1n) is 6.09. The molecule has 17 heavy (non-hydrogen) atoms. The van der Waals surface area contributed by atoms with Crippen molar-refractivity contribution in [3.05, 3.63) is 35.2 Å². The van der Waals surface area contributed by atoms with Gasteiger partial charge in [-0.3, -0.25) is 0 Å². The van der Waals surface area contributed by atoms with Gasteiger partial charge >= 0.3 is 0 Å². The van der Waals surface area contributed by atoms with Gasteiger partial charge in [0, 0.05) is 16.1 Å². The second-order valence-corrected chi connectivity index (χ2v) is 5.97. The maximum Gasteiger partial charge on any atom is 0.0345 e. The Morgan fingerprint density at radius 2 is 2.24 bits per heavy atom. The maximum absolute atomic E-state index is 3.55. The fraction of sp³-hybridized carbons (Fsp3) is 0.429. The molecule has 1 nitrogen and oxygen atoms in total. The molecule has 92 valence electrons. The molecule has 0 aliphatic heterocycles. The molecule has 1 atom stereocenters. The van der Waals surface area contributed by atoms with Crippen molar-refractivity contribution in [2.24, 2.45) is 0 Å². The molecule has 0 fully saturated rings. The predicted molar refractivity (Wildman–Crippen MR) is 81.4 cm³/mol. The molecule has 1 N–H and O–H groups in total. The molecule has 1 aromatic carbocycles. The lowest BCUT2D eigenvalue weighted by Crippen LogP contribution is -2.31. The third-order valence-electron chi connectivity index (χ3n) is 2.95. The highest BCUT2D eigenvalue weighted by molar-refractivity contribution is 9.09. The summed E-state index contributed by atoms with van der Waals surface area (Å²) in [7, 11) is 0. The quantitative estimate of drug-likeness (QED) is 0.788. The van der Waals surface area contributed by atoms with Gasteiger partial charge in [0.15, 0.2) is 0 Å². The lowest BCUT2D eigenvalue weighted by atomic mass is 10.0. The van der Waals surface area contributed by atoms with Gasteiger partial charge < -0.3 is 5.32 Å². The summed E-state index contributed by atoms with van der Waals surface area (Å²) in [6, 6.07) is 9.59. The molecule has 0 radical (unpaired) electrons. The van der Waals surface area contributed by atoms with Crippen molar-refractivity contribution in [3.8, 4) is 0 Å². The number of nitrogens with one attached hydrogen (secondary N) is 1. The summed E-state index contributed by atoms with van der Waals surface area (Å²) >= 11 is 5.35. The van der Waals surface area contributed by atoms with E-state index in [1.807, 2.05) is 11.3 Å². The van der Waals surface area contributed by atoms with Crippen LogP contribution in [0.25, 0.3) is 10.1 Å². The predicted octanol–water partition coefficient (Wildman–Crippen LogP) is 4.21. The number of fused-ring (bicyclic) bond motifs is 1. The number of halogens is 1. The van der Waals surface area contributed by atoms with Gasteiger partial charge in [-0.2, -0.15) is 0 Å². The highest BCUT2D eigenvalue weighted by Crippen LogP contribution is 2.22. The molecule has 0 bridgehead atoms. The second kappa shape index (κ2) is 6.53. The van der Waals surface area contributed by atoms with Crippen LogP contribution in [0.1, 0.15) is 18.9 Å². The molecule has 0 aliphatic rings. The van der Waals surface area contributed by atoms with Gasteiger partial charge in [0.1, 0.15) is 0 Å². The Balaban J connectivity index is 2.09. The smallest absolute Gasteiger partial charge is 0.0345 e. The normalized spacial score (nSPS) is 13.1. The molecule has 2 aromatic rings. The Morgan fingerprint density at radius 3 is 3.00 bits per heavy atom. The molecule has 0 aliphatic carbocycles. The summed E-state index contributed by atoms with van der Waals surface area (Å²) in [4.78, 5) is 0. The van der Waals surface area contributed by atoms with Crippen molar-refractivity contribution in [2.75, 3.05) is 11.9 Å². The summed E-state index contributed by atoms with van der Waals surface area (Å²) in [6.45, 7) is 3.21. The number of benzene rings is 1. The van der Waals surface area contributed by atoms with Gasteiger partial charge in [0.2, 0.25) is 0 Å². The van der Waals surface area contributed by atoms with Crippen LogP contribution in [-0.4, -0.2) is 17.9 Å². The molecule has 0 saturated heterocycles. The number of likely N-dealkylation sites (N-methyl/N-ethyl adjacent to an activating group) is 1. The minimum atomic E-state index is 0.580. The molecule has 2 rings (SSSR count). The van der Waals surface area contributed by atoms with Gasteiger partial charge in [0.25, 0.3) is 0 Å². The number of hydrogen-bond donors (Lipinski definition) is 1. The van der Waals surface area contributed by atoms with Crippen molar-refractivity contribution in [2.45, 2.75) is 25.8 Å². The standard InChI is InChI=1S/C14H18BrNS/c1-2-16-13(5-7-15)9-11-3-4-12-6-8-17-14(12)10-11/h3-4,6,8,10,13,16H,2,5,7,9H2,1H3. The Kier molecular flexibility index (Phi) is 5.01. The van der Waals surface area contributed by atoms with Crippen LogP contribution in [0.15, 0.2) is 29.6 Å². The number of rotatable bonds is 6. The van der Waals surface area contributed by atoms with E-state index in [0.717, 1.165) is 18.3 Å². The number of thiophene rings is 1. The van der Waals surface area contributed by atoms with Crippen LogP contribution in [-0.2, 0) is 6.42 Å². The Labute approximate surface area is 115 Å². The van der Waals surface area contributed by atoms with E-state index < -0.39 is 0 Å². The van der Waals surface area contributed by atoms with Gasteiger partial charge in [-0.1, -0.05) is 35.0 Å². The Hall–Kier alpha value is -0.380. The minimum absolute atomic E-state index is 0.580. The summed E-state index contributed by atoms with van der Waals surface area (Å²) in [6.07, 6.45) is 2.30. The van der Waals surface area contributed by atoms with E-state index in [9.17, 15) is 0 Å². The molecular formula is C14H18BrNS. The lowest BCUT2D eigenvalue weighted by molar-refractivity contribution is 0.515. The average molecular weight is 312 g/mol. The van der Waals surface area contributed by atoms with Crippen LogP contribution in [0, 0.1) is 0 Å². The number of hydrogen-bond acceptors (Lipinski definition) is 2. The van der Waals surface area contributed by atoms with Gasteiger partial charge in [-0.05, 0) is 47.8 Å². The van der Waals surface area contributed by atoms with Crippen molar-refractivity contribution >= 4 is 37.4 Å². The van der Waals surface area contributed by atoms with Crippen LogP contribution in [0.3, 0.4) is 0 Å². The van der Waals surface area contributed by atoms with E-state index in [-0.39, 0.29) is 0 Å². The molecule has 1 aromatic heterocycles. The van der Waals surface area contributed by atoms with Gasteiger partial charge in [-0.25, -0.2) is 0 Å². The van der Waals surface area contributed by atoms with Crippen LogP contribution in [0.5, 0.6) is 0 Å². The molecule has 0 spiro atoms. The maximum atomic E-state index is 3.55. The van der Waals surface area contributed by atoms with E-state index in [2.05, 4.69) is 57.8 Å². The number of alkyl halides is 1. The summed E-state index contributed by atoms with van der Waals surface area (Å²) < 4.78 is 1.40. The van der Waals surface area contributed by atoms with Crippen LogP contribution in [0.2, 0.25) is 0 Å². The van der Waals surface area contributed by atoms with Crippen LogP contribution in [0.4, 0.5) is 0 Å². The molecule has 1 unspecified atom stereocenters. The van der Waals surface area contributed by atoms with Crippen LogP contribution < -0.4 is 5.32 Å². The van der Waals surface area contributed by atoms with Crippen LogP contribution >= 0.6 is 27.3 Å². The third kappa shape index (κ3) is 3.54. The molecule has 0 amide bonds. The molecular weight excluding hydrogens is 294 g/mol. The molecule has 1 heterocycles. The minimum Gasteiger partial charge on any atom is -0.314 e. The average Bonchev–Trinajstić information content (AvgIpc) is 2.77. The van der Waals surface area contributed by atoms with Gasteiger partial charge in [0.05, 0.1) is 0 Å². The Bertz CT molecular complexity index is 460. The van der Waals surface area contributed by atoms with E-state index in [1.54, 1.807) is 0 Å². The second-order valence-electron chi connectivity index (χ2n) is 4.23. The SMILES string of the molecule is CCNC(CCBr)Cc1ccc2ccsc2c1. The van der Waals surface area contributed by atoms with Gasteiger partial charge in [-0.15, -0.1) is 11.3 Å². The Morgan fingerprint density at radius 1 is 1.35 bits per heavy atom. The highest BCUT2D eigenvalue weighted by atomic mass is 79.9. The fourth-order valence-corrected chi connectivity index (χ4v) is 3.51. The first-order valence-corrected chi connectivity index (χ1v) is 8.09. The van der Waals surface area contributed by atoms with E-state index in [1.165, 1.54) is 22.1 Å². The first-order chi connectivity index (χ1) is 8.33. The summed E-state index contributed by atoms with van der Waals surface area (Å²) in [5.41, 5.74) is 1.44. The van der Waals surface area contributed by atoms with E-state index in [4.69, 9.17) is 0 Å².